The number of methoxy groups -OCH3 is 1. The van der Waals surface area contributed by atoms with Gasteiger partial charge in [-0.15, -0.1) is 0 Å². The summed E-state index contributed by atoms with van der Waals surface area (Å²) in [5, 5.41) is 18.7. The van der Waals surface area contributed by atoms with Crippen LogP contribution in [0.4, 0.5) is 0 Å². The Kier molecular flexibility index (Phi) is 3.06. The Labute approximate surface area is 104 Å². The van der Waals surface area contributed by atoms with Crippen LogP contribution in [0.5, 0.6) is 11.6 Å². The lowest BCUT2D eigenvalue weighted by molar-refractivity contribution is 0.413. The van der Waals surface area contributed by atoms with Gasteiger partial charge in [-0.3, -0.25) is 4.98 Å². The summed E-state index contributed by atoms with van der Waals surface area (Å²) >= 11 is 0. The van der Waals surface area contributed by atoms with E-state index in [4.69, 9.17) is 10.00 Å². The van der Waals surface area contributed by atoms with Gasteiger partial charge in [0.1, 0.15) is 23.2 Å². The number of nitrogens with zero attached hydrogens (tertiary/aromatic N) is 4. The first-order chi connectivity index (χ1) is 8.65. The van der Waals surface area contributed by atoms with Crippen molar-refractivity contribution in [1.82, 2.24) is 15.0 Å². The highest BCUT2D eigenvalue weighted by molar-refractivity contribution is 5.68. The molecule has 0 atom stereocenters. The standard InChI is InChI=1S/C12H10N4O2/c1-7-15-11(10(4-13)12(17)16-7)8-3-9(18-2)6-14-5-8/h3,5-6H,1-2H3,(H,15,16,17). The van der Waals surface area contributed by atoms with Gasteiger partial charge in [0.25, 0.3) is 0 Å². The maximum atomic E-state index is 9.63. The summed E-state index contributed by atoms with van der Waals surface area (Å²) in [6.45, 7) is 1.64. The van der Waals surface area contributed by atoms with Crippen molar-refractivity contribution in [3.05, 3.63) is 29.8 Å². The van der Waals surface area contributed by atoms with Crippen molar-refractivity contribution in [3.63, 3.8) is 0 Å². The minimum absolute atomic E-state index is 0.0238. The predicted octanol–water partition coefficient (Wildman–Crippen LogP) is 1.43. The first-order valence-electron chi connectivity index (χ1n) is 5.13. The fourth-order valence-corrected chi connectivity index (χ4v) is 1.53. The van der Waals surface area contributed by atoms with Gasteiger partial charge in [-0.05, 0) is 13.0 Å². The van der Waals surface area contributed by atoms with Crippen LogP contribution < -0.4 is 4.74 Å². The summed E-state index contributed by atoms with van der Waals surface area (Å²) in [4.78, 5) is 11.9. The Hall–Kier alpha value is -2.68. The Morgan fingerprint density at radius 2 is 2.11 bits per heavy atom. The van der Waals surface area contributed by atoms with E-state index in [2.05, 4.69) is 15.0 Å². The van der Waals surface area contributed by atoms with Gasteiger partial charge >= 0.3 is 0 Å². The fraction of sp³-hybridized carbons (Fsp3) is 0.167. The molecule has 2 aromatic heterocycles. The molecule has 0 bridgehead atoms. The normalized spacial score (nSPS) is 9.83. The van der Waals surface area contributed by atoms with Crippen molar-refractivity contribution in [2.24, 2.45) is 0 Å². The number of rotatable bonds is 2. The first-order valence-corrected chi connectivity index (χ1v) is 5.13. The molecule has 0 amide bonds. The van der Waals surface area contributed by atoms with E-state index >= 15 is 0 Å². The van der Waals surface area contributed by atoms with Crippen molar-refractivity contribution in [3.8, 4) is 29.0 Å². The first kappa shape index (κ1) is 11.8. The van der Waals surface area contributed by atoms with Crippen LogP contribution in [0.15, 0.2) is 18.5 Å². The average Bonchev–Trinajstić information content (AvgIpc) is 2.38. The average molecular weight is 242 g/mol. The fourth-order valence-electron chi connectivity index (χ4n) is 1.53. The molecule has 18 heavy (non-hydrogen) atoms. The predicted molar refractivity (Wildman–Crippen MR) is 62.9 cm³/mol. The van der Waals surface area contributed by atoms with Gasteiger partial charge in [-0.2, -0.15) is 10.2 Å². The number of hydrogen-bond acceptors (Lipinski definition) is 6. The van der Waals surface area contributed by atoms with Crippen molar-refractivity contribution >= 4 is 0 Å². The molecule has 0 fully saturated rings. The summed E-state index contributed by atoms with van der Waals surface area (Å²) in [5.41, 5.74) is 0.955. The molecule has 6 nitrogen and oxygen atoms in total. The van der Waals surface area contributed by atoms with E-state index in [0.717, 1.165) is 0 Å². The van der Waals surface area contributed by atoms with Gasteiger partial charge in [0.15, 0.2) is 0 Å². The molecule has 0 spiro atoms. The van der Waals surface area contributed by atoms with Crippen LogP contribution >= 0.6 is 0 Å². The number of nitriles is 1. The van der Waals surface area contributed by atoms with Crippen LogP contribution in [0.3, 0.4) is 0 Å². The Morgan fingerprint density at radius 1 is 1.33 bits per heavy atom. The molecular formula is C12H10N4O2. The summed E-state index contributed by atoms with van der Waals surface area (Å²) in [6.07, 6.45) is 3.09. The summed E-state index contributed by atoms with van der Waals surface area (Å²) in [5.74, 6) is 0.597. The molecular weight excluding hydrogens is 232 g/mol. The molecule has 0 radical (unpaired) electrons. The molecule has 0 aromatic carbocycles. The number of ether oxygens (including phenoxy) is 1. The molecule has 2 heterocycles. The number of aryl methyl sites for hydroxylation is 1. The van der Waals surface area contributed by atoms with E-state index in [0.29, 0.717) is 22.8 Å². The number of pyridine rings is 1. The maximum Gasteiger partial charge on any atom is 0.233 e. The van der Waals surface area contributed by atoms with Crippen molar-refractivity contribution in [2.45, 2.75) is 6.92 Å². The summed E-state index contributed by atoms with van der Waals surface area (Å²) < 4.78 is 5.06. The van der Waals surface area contributed by atoms with Crippen molar-refractivity contribution in [1.29, 1.82) is 5.26 Å². The lowest BCUT2D eigenvalue weighted by atomic mass is 10.1. The largest absolute Gasteiger partial charge is 0.495 e. The molecule has 0 aliphatic carbocycles. The molecule has 0 aliphatic heterocycles. The lowest BCUT2D eigenvalue weighted by Crippen LogP contribution is -1.97. The number of aromatic nitrogens is 3. The molecule has 2 aromatic rings. The smallest absolute Gasteiger partial charge is 0.233 e. The van der Waals surface area contributed by atoms with E-state index in [1.807, 2.05) is 6.07 Å². The molecule has 2 rings (SSSR count). The monoisotopic (exact) mass is 242 g/mol. The van der Waals surface area contributed by atoms with E-state index in [9.17, 15) is 5.11 Å². The van der Waals surface area contributed by atoms with Crippen LogP contribution in [0.25, 0.3) is 11.3 Å². The minimum Gasteiger partial charge on any atom is -0.495 e. The lowest BCUT2D eigenvalue weighted by Gasteiger charge is -2.06. The summed E-state index contributed by atoms with van der Waals surface area (Å²) in [6, 6.07) is 3.57. The number of aromatic hydroxyl groups is 1. The second kappa shape index (κ2) is 4.67. The third kappa shape index (κ3) is 2.06. The Morgan fingerprint density at radius 3 is 2.78 bits per heavy atom. The van der Waals surface area contributed by atoms with Gasteiger partial charge in [0.05, 0.1) is 19.0 Å². The van der Waals surface area contributed by atoms with E-state index < -0.39 is 0 Å². The van der Waals surface area contributed by atoms with E-state index in [1.165, 1.54) is 7.11 Å². The minimum atomic E-state index is -0.331. The second-order valence-corrected chi connectivity index (χ2v) is 3.54. The van der Waals surface area contributed by atoms with Gasteiger partial charge in [0.2, 0.25) is 5.88 Å². The topological polar surface area (TPSA) is 91.9 Å². The van der Waals surface area contributed by atoms with Gasteiger partial charge < -0.3 is 9.84 Å². The SMILES string of the molecule is COc1cncc(-c2nc(C)nc(O)c2C#N)c1. The van der Waals surface area contributed by atoms with Gasteiger partial charge in [-0.25, -0.2) is 4.98 Å². The van der Waals surface area contributed by atoms with Crippen LogP contribution in [0, 0.1) is 18.3 Å². The molecule has 0 unspecified atom stereocenters. The third-order valence-corrected chi connectivity index (χ3v) is 2.34. The molecule has 0 saturated carbocycles. The maximum absolute atomic E-state index is 9.63. The molecule has 6 heteroatoms. The highest BCUT2D eigenvalue weighted by Crippen LogP contribution is 2.27. The van der Waals surface area contributed by atoms with Crippen molar-refractivity contribution < 1.29 is 9.84 Å². The second-order valence-electron chi connectivity index (χ2n) is 3.54. The van der Waals surface area contributed by atoms with Crippen LogP contribution in [-0.2, 0) is 0 Å². The van der Waals surface area contributed by atoms with Crippen LogP contribution in [-0.4, -0.2) is 27.2 Å². The van der Waals surface area contributed by atoms with Crippen LogP contribution in [0.2, 0.25) is 0 Å². The Bertz CT molecular complexity index is 634. The van der Waals surface area contributed by atoms with E-state index in [1.54, 1.807) is 25.4 Å². The third-order valence-electron chi connectivity index (χ3n) is 2.34. The molecule has 1 N–H and O–H groups in total. The highest BCUT2D eigenvalue weighted by Gasteiger charge is 2.14. The molecule has 0 saturated heterocycles. The van der Waals surface area contributed by atoms with Crippen LogP contribution in [0.1, 0.15) is 11.4 Å². The number of hydrogen-bond donors (Lipinski definition) is 1. The quantitative estimate of drug-likeness (QED) is 0.856. The van der Waals surface area contributed by atoms with E-state index in [-0.39, 0.29) is 11.4 Å². The molecule has 90 valence electrons. The van der Waals surface area contributed by atoms with Gasteiger partial charge in [-0.1, -0.05) is 0 Å². The zero-order valence-corrected chi connectivity index (χ0v) is 9.88. The summed E-state index contributed by atoms with van der Waals surface area (Å²) in [7, 11) is 1.52. The zero-order chi connectivity index (χ0) is 13.1. The van der Waals surface area contributed by atoms with Gasteiger partial charge in [0, 0.05) is 11.8 Å². The highest BCUT2D eigenvalue weighted by atomic mass is 16.5. The zero-order valence-electron chi connectivity index (χ0n) is 9.88. The Balaban J connectivity index is 2.66. The molecule has 0 aliphatic rings. The van der Waals surface area contributed by atoms with Crippen molar-refractivity contribution in [2.75, 3.05) is 7.11 Å².